The van der Waals surface area contributed by atoms with Crippen LogP contribution in [0.25, 0.3) is 0 Å². The first kappa shape index (κ1) is 17.4. The Morgan fingerprint density at radius 3 is 2.39 bits per heavy atom. The maximum absolute atomic E-state index is 11.8. The summed E-state index contributed by atoms with van der Waals surface area (Å²) < 4.78 is 40.1. The summed E-state index contributed by atoms with van der Waals surface area (Å²) in [5.74, 6) is 0. The number of halogens is 3. The Kier molecular flexibility index (Phi) is 7.55. The first-order chi connectivity index (χ1) is 8.18. The van der Waals surface area contributed by atoms with Crippen molar-refractivity contribution < 1.29 is 17.9 Å². The van der Waals surface area contributed by atoms with Crippen LogP contribution < -0.4 is 5.32 Å². The number of alkyl halides is 3. The molecule has 1 unspecified atom stereocenters. The first-order valence-electron chi connectivity index (χ1n) is 6.20. The second kappa shape index (κ2) is 7.79. The molecule has 0 aromatic heterocycles. The smallest absolute Gasteiger partial charge is 0.372 e. The van der Waals surface area contributed by atoms with Crippen LogP contribution in [0, 0.1) is 5.41 Å². The Bertz CT molecular complexity index is 241. The topological polar surface area (TPSA) is 21.3 Å². The minimum Gasteiger partial charge on any atom is -0.372 e. The average molecular weight is 267 g/mol. The summed E-state index contributed by atoms with van der Waals surface area (Å²) in [7, 11) is 0. The predicted molar refractivity (Wildman–Crippen MR) is 67.6 cm³/mol. The third kappa shape index (κ3) is 9.48. The Labute approximate surface area is 108 Å². The molecule has 0 heterocycles. The van der Waals surface area contributed by atoms with E-state index in [0.29, 0.717) is 12.5 Å². The molecule has 0 saturated carbocycles. The lowest BCUT2D eigenvalue weighted by Gasteiger charge is -2.27. The third-order valence-electron chi connectivity index (χ3n) is 2.71. The molecule has 0 aliphatic carbocycles. The Balaban J connectivity index is 3.82. The highest BCUT2D eigenvalue weighted by atomic mass is 19.4. The number of rotatable bonds is 9. The maximum Gasteiger partial charge on any atom is 0.411 e. The molecular weight excluding hydrogens is 243 g/mol. The van der Waals surface area contributed by atoms with E-state index < -0.39 is 12.8 Å². The van der Waals surface area contributed by atoms with Crippen molar-refractivity contribution in [2.75, 3.05) is 19.8 Å². The molecule has 108 valence electrons. The van der Waals surface area contributed by atoms with Gasteiger partial charge in [-0.2, -0.15) is 13.2 Å². The zero-order valence-electron chi connectivity index (χ0n) is 11.4. The summed E-state index contributed by atoms with van der Waals surface area (Å²) in [4.78, 5) is 0. The van der Waals surface area contributed by atoms with Crippen LogP contribution >= 0.6 is 0 Å². The van der Waals surface area contributed by atoms with E-state index in [1.165, 1.54) is 0 Å². The summed E-state index contributed by atoms with van der Waals surface area (Å²) >= 11 is 0. The van der Waals surface area contributed by atoms with E-state index >= 15 is 0 Å². The van der Waals surface area contributed by atoms with E-state index in [1.54, 1.807) is 0 Å². The lowest BCUT2D eigenvalue weighted by molar-refractivity contribution is -0.174. The van der Waals surface area contributed by atoms with Crippen molar-refractivity contribution >= 4 is 0 Å². The van der Waals surface area contributed by atoms with Crippen LogP contribution in [-0.2, 0) is 4.74 Å². The normalized spacial score (nSPS) is 15.7. The van der Waals surface area contributed by atoms with E-state index in [-0.39, 0.29) is 12.0 Å². The quantitative estimate of drug-likeness (QED) is 0.509. The number of nitrogens with one attached hydrogen (secondary N) is 1. The van der Waals surface area contributed by atoms with Crippen molar-refractivity contribution in [2.24, 2.45) is 5.41 Å². The van der Waals surface area contributed by atoms with Gasteiger partial charge >= 0.3 is 6.18 Å². The third-order valence-corrected chi connectivity index (χ3v) is 2.71. The van der Waals surface area contributed by atoms with E-state index in [4.69, 9.17) is 0 Å². The fourth-order valence-electron chi connectivity index (χ4n) is 1.47. The van der Waals surface area contributed by atoms with Gasteiger partial charge in [0.2, 0.25) is 0 Å². The van der Waals surface area contributed by atoms with Crippen LogP contribution in [0.15, 0.2) is 12.7 Å². The van der Waals surface area contributed by atoms with Crippen LogP contribution in [0.2, 0.25) is 0 Å². The number of ether oxygens (including phenoxy) is 1. The molecule has 0 aliphatic rings. The van der Waals surface area contributed by atoms with E-state index in [9.17, 15) is 13.2 Å². The van der Waals surface area contributed by atoms with Crippen LogP contribution in [0.4, 0.5) is 13.2 Å². The molecule has 0 amide bonds. The van der Waals surface area contributed by atoms with Crippen molar-refractivity contribution in [1.29, 1.82) is 0 Å². The molecule has 0 aliphatic heterocycles. The second-order valence-corrected chi connectivity index (χ2v) is 5.17. The molecular formula is C13H24F3NO. The SMILES string of the molecule is C=CC(C)(CCCOCC(F)(F)F)CNC(C)C. The zero-order chi connectivity index (χ0) is 14.2. The fourth-order valence-corrected chi connectivity index (χ4v) is 1.47. The summed E-state index contributed by atoms with van der Waals surface area (Å²) in [6, 6.07) is 0.380. The van der Waals surface area contributed by atoms with E-state index in [0.717, 1.165) is 13.0 Å². The highest BCUT2D eigenvalue weighted by molar-refractivity contribution is 4.93. The van der Waals surface area contributed by atoms with Crippen molar-refractivity contribution in [3.05, 3.63) is 12.7 Å². The van der Waals surface area contributed by atoms with Gasteiger partial charge in [0.15, 0.2) is 0 Å². The predicted octanol–water partition coefficient (Wildman–Crippen LogP) is 3.54. The summed E-state index contributed by atoms with van der Waals surface area (Å²) in [5, 5.41) is 3.31. The van der Waals surface area contributed by atoms with Gasteiger partial charge in [-0.3, -0.25) is 0 Å². The largest absolute Gasteiger partial charge is 0.411 e. The summed E-state index contributed by atoms with van der Waals surface area (Å²) in [6.07, 6.45) is -1.03. The Morgan fingerprint density at radius 2 is 1.94 bits per heavy atom. The van der Waals surface area contributed by atoms with E-state index in [2.05, 4.69) is 30.5 Å². The molecule has 0 aromatic carbocycles. The van der Waals surface area contributed by atoms with Crippen LogP contribution in [-0.4, -0.2) is 32.0 Å². The number of hydrogen-bond acceptors (Lipinski definition) is 2. The molecule has 0 spiro atoms. The fraction of sp³-hybridized carbons (Fsp3) is 0.846. The average Bonchev–Trinajstić information content (AvgIpc) is 2.24. The molecule has 0 fully saturated rings. The number of hydrogen-bond donors (Lipinski definition) is 1. The molecule has 0 saturated heterocycles. The van der Waals surface area contributed by atoms with Crippen LogP contribution in [0.3, 0.4) is 0 Å². The van der Waals surface area contributed by atoms with Gasteiger partial charge in [-0.05, 0) is 18.3 Å². The summed E-state index contributed by atoms with van der Waals surface area (Å²) in [6.45, 7) is 9.67. The van der Waals surface area contributed by atoms with Crippen molar-refractivity contribution in [3.63, 3.8) is 0 Å². The standard InChI is InChI=1S/C13H24F3NO/c1-5-12(4,9-17-11(2)3)7-6-8-18-10-13(14,15)16/h5,11,17H,1,6-10H2,2-4H3. The van der Waals surface area contributed by atoms with Gasteiger partial charge < -0.3 is 10.1 Å². The Hall–Kier alpha value is -0.550. The lowest BCUT2D eigenvalue weighted by Crippen LogP contribution is -2.34. The van der Waals surface area contributed by atoms with Gasteiger partial charge in [0.05, 0.1) is 0 Å². The Morgan fingerprint density at radius 1 is 1.33 bits per heavy atom. The van der Waals surface area contributed by atoms with Crippen molar-refractivity contribution in [1.82, 2.24) is 5.32 Å². The maximum atomic E-state index is 11.8. The van der Waals surface area contributed by atoms with Gasteiger partial charge in [0.25, 0.3) is 0 Å². The molecule has 1 N–H and O–H groups in total. The molecule has 0 radical (unpaired) electrons. The molecule has 0 aromatic rings. The highest BCUT2D eigenvalue weighted by Gasteiger charge is 2.27. The van der Waals surface area contributed by atoms with Gasteiger partial charge in [-0.1, -0.05) is 26.8 Å². The van der Waals surface area contributed by atoms with E-state index in [1.807, 2.05) is 13.0 Å². The molecule has 2 nitrogen and oxygen atoms in total. The minimum atomic E-state index is -4.24. The molecule has 18 heavy (non-hydrogen) atoms. The summed E-state index contributed by atoms with van der Waals surface area (Å²) in [5.41, 5.74) is -0.105. The van der Waals surface area contributed by atoms with Crippen molar-refractivity contribution in [2.45, 2.75) is 45.8 Å². The van der Waals surface area contributed by atoms with Gasteiger partial charge in [-0.15, -0.1) is 6.58 Å². The van der Waals surface area contributed by atoms with Gasteiger partial charge in [-0.25, -0.2) is 0 Å². The molecule has 1 atom stereocenters. The first-order valence-corrected chi connectivity index (χ1v) is 6.20. The molecule has 5 heteroatoms. The zero-order valence-corrected chi connectivity index (χ0v) is 11.4. The lowest BCUT2D eigenvalue weighted by atomic mass is 9.85. The van der Waals surface area contributed by atoms with Crippen molar-refractivity contribution in [3.8, 4) is 0 Å². The molecule has 0 bridgehead atoms. The monoisotopic (exact) mass is 267 g/mol. The highest BCUT2D eigenvalue weighted by Crippen LogP contribution is 2.24. The van der Waals surface area contributed by atoms with Gasteiger partial charge in [0, 0.05) is 19.2 Å². The van der Waals surface area contributed by atoms with Crippen LogP contribution in [0.5, 0.6) is 0 Å². The molecule has 0 rings (SSSR count). The van der Waals surface area contributed by atoms with Crippen LogP contribution in [0.1, 0.15) is 33.6 Å². The second-order valence-electron chi connectivity index (χ2n) is 5.17. The minimum absolute atomic E-state index is 0.105. The van der Waals surface area contributed by atoms with Gasteiger partial charge in [0.1, 0.15) is 6.61 Å².